The number of hydrogen-bond acceptors (Lipinski definition) is 3. The minimum atomic E-state index is -0.226. The van der Waals surface area contributed by atoms with E-state index in [-0.39, 0.29) is 11.9 Å². The number of thiophene rings is 1. The molecule has 0 saturated carbocycles. The topological polar surface area (TPSA) is 41.1 Å². The third-order valence-electron chi connectivity index (χ3n) is 2.81. The molecule has 2 rings (SSSR count). The molecule has 18 heavy (non-hydrogen) atoms. The number of carbonyl (C=O) groups is 1. The van der Waals surface area contributed by atoms with E-state index in [1.807, 2.05) is 25.1 Å². The monoisotopic (exact) mass is 282 g/mol. The third-order valence-corrected chi connectivity index (χ3v) is 4.52. The van der Waals surface area contributed by atoms with Gasteiger partial charge in [0.1, 0.15) is 0 Å². The normalized spacial score (nSPS) is 12.6. The number of rotatable bonds is 4. The Hall–Kier alpha value is -1.10. The fourth-order valence-corrected chi connectivity index (χ4v) is 3.18. The summed E-state index contributed by atoms with van der Waals surface area (Å²) in [4.78, 5) is 12.5. The minimum Gasteiger partial charge on any atom is -0.358 e. The molecule has 0 aliphatic heterocycles. The molecule has 0 aliphatic carbocycles. The number of fused-ring (bicyclic) bond motifs is 1. The maximum absolute atomic E-state index is 11.4. The van der Waals surface area contributed by atoms with Crippen LogP contribution in [0.4, 0.5) is 0 Å². The molecule has 96 valence electrons. The molecule has 0 radical (unpaired) electrons. The summed E-state index contributed by atoms with van der Waals surface area (Å²) in [5, 5.41) is 7.64. The van der Waals surface area contributed by atoms with Gasteiger partial charge in [-0.25, -0.2) is 0 Å². The first-order valence-electron chi connectivity index (χ1n) is 5.74. The summed E-state index contributed by atoms with van der Waals surface area (Å²) >= 11 is 7.98. The molecule has 1 aromatic carbocycles. The zero-order chi connectivity index (χ0) is 13.1. The Morgan fingerprint density at radius 3 is 2.83 bits per heavy atom. The lowest BCUT2D eigenvalue weighted by Crippen LogP contribution is -2.40. The molecule has 1 heterocycles. The molecule has 1 unspecified atom stereocenters. The lowest BCUT2D eigenvalue weighted by molar-refractivity contribution is -0.122. The molecule has 3 nitrogen and oxygen atoms in total. The number of halogens is 1. The highest BCUT2D eigenvalue weighted by Crippen LogP contribution is 2.34. The molecule has 5 heteroatoms. The lowest BCUT2D eigenvalue weighted by atomic mass is 10.2. The van der Waals surface area contributed by atoms with E-state index in [0.717, 1.165) is 15.3 Å². The summed E-state index contributed by atoms with van der Waals surface area (Å²) in [5.41, 5.74) is 0. The van der Waals surface area contributed by atoms with Gasteiger partial charge >= 0.3 is 0 Å². The van der Waals surface area contributed by atoms with Crippen LogP contribution in [0.25, 0.3) is 10.1 Å². The molecule has 0 aliphatic rings. The van der Waals surface area contributed by atoms with Gasteiger partial charge in [0, 0.05) is 28.6 Å². The Morgan fingerprint density at radius 2 is 2.17 bits per heavy atom. The van der Waals surface area contributed by atoms with E-state index in [0.29, 0.717) is 6.54 Å². The van der Waals surface area contributed by atoms with Gasteiger partial charge in [0.2, 0.25) is 5.91 Å². The number of benzene rings is 1. The van der Waals surface area contributed by atoms with Crippen LogP contribution in [0.5, 0.6) is 0 Å². The molecule has 0 spiro atoms. The molecule has 0 fully saturated rings. The van der Waals surface area contributed by atoms with E-state index in [9.17, 15) is 4.79 Å². The van der Waals surface area contributed by atoms with Crippen LogP contribution in [0.2, 0.25) is 5.02 Å². The average molecular weight is 283 g/mol. The van der Waals surface area contributed by atoms with Crippen LogP contribution in [-0.2, 0) is 11.3 Å². The number of likely N-dealkylation sites (N-methyl/N-ethyl adjacent to an activating group) is 1. The molecule has 0 saturated heterocycles. The summed E-state index contributed by atoms with van der Waals surface area (Å²) in [6.07, 6.45) is 0. The maximum atomic E-state index is 11.4. The highest BCUT2D eigenvalue weighted by molar-refractivity contribution is 7.19. The predicted molar refractivity (Wildman–Crippen MR) is 77.2 cm³/mol. The van der Waals surface area contributed by atoms with Gasteiger partial charge < -0.3 is 10.6 Å². The number of amides is 1. The maximum Gasteiger partial charge on any atom is 0.236 e. The zero-order valence-corrected chi connectivity index (χ0v) is 11.9. The van der Waals surface area contributed by atoms with E-state index in [4.69, 9.17) is 11.6 Å². The minimum absolute atomic E-state index is 0.0211. The van der Waals surface area contributed by atoms with Crippen molar-refractivity contribution < 1.29 is 4.79 Å². The molecular weight excluding hydrogens is 268 g/mol. The predicted octanol–water partition coefficient (Wildman–Crippen LogP) is 2.78. The second-order valence-electron chi connectivity index (χ2n) is 4.05. The van der Waals surface area contributed by atoms with Crippen molar-refractivity contribution in [2.45, 2.75) is 19.5 Å². The van der Waals surface area contributed by atoms with Crippen molar-refractivity contribution in [2.24, 2.45) is 0 Å². The molecule has 0 bridgehead atoms. The van der Waals surface area contributed by atoms with Crippen LogP contribution < -0.4 is 10.6 Å². The molecule has 1 atom stereocenters. The summed E-state index contributed by atoms with van der Waals surface area (Å²) in [7, 11) is 1.63. The first-order valence-corrected chi connectivity index (χ1v) is 6.93. The van der Waals surface area contributed by atoms with Gasteiger partial charge in [-0.15, -0.1) is 11.3 Å². The average Bonchev–Trinajstić information content (AvgIpc) is 2.72. The van der Waals surface area contributed by atoms with Crippen molar-refractivity contribution in [3.63, 3.8) is 0 Å². The Bertz CT molecular complexity index is 567. The Labute approximate surface area is 115 Å². The van der Waals surface area contributed by atoms with Crippen molar-refractivity contribution >= 4 is 38.9 Å². The van der Waals surface area contributed by atoms with Crippen LogP contribution in [0.15, 0.2) is 24.3 Å². The Balaban J connectivity index is 2.13. The first kappa shape index (κ1) is 13.3. The number of carbonyl (C=O) groups excluding carboxylic acids is 1. The van der Waals surface area contributed by atoms with Crippen molar-refractivity contribution in [3.8, 4) is 0 Å². The summed E-state index contributed by atoms with van der Waals surface area (Å²) < 4.78 is 1.17. The smallest absolute Gasteiger partial charge is 0.236 e. The summed E-state index contributed by atoms with van der Waals surface area (Å²) in [6.45, 7) is 2.44. The molecular formula is C13H15ClN2OS. The second-order valence-corrected chi connectivity index (χ2v) is 5.57. The third kappa shape index (κ3) is 2.66. The highest BCUT2D eigenvalue weighted by atomic mass is 35.5. The van der Waals surface area contributed by atoms with E-state index in [1.54, 1.807) is 18.4 Å². The zero-order valence-electron chi connectivity index (χ0n) is 10.3. The number of hydrogen-bond donors (Lipinski definition) is 2. The van der Waals surface area contributed by atoms with Crippen LogP contribution in [0, 0.1) is 0 Å². The molecule has 1 aromatic heterocycles. The highest BCUT2D eigenvalue weighted by Gasteiger charge is 2.13. The van der Waals surface area contributed by atoms with Crippen LogP contribution in [-0.4, -0.2) is 19.0 Å². The van der Waals surface area contributed by atoms with Crippen molar-refractivity contribution in [2.75, 3.05) is 7.05 Å². The Morgan fingerprint density at radius 1 is 1.44 bits per heavy atom. The lowest BCUT2D eigenvalue weighted by Gasteiger charge is -2.11. The largest absolute Gasteiger partial charge is 0.358 e. The van der Waals surface area contributed by atoms with Crippen LogP contribution in [0.1, 0.15) is 11.8 Å². The van der Waals surface area contributed by atoms with E-state index in [2.05, 4.69) is 16.7 Å². The fourth-order valence-electron chi connectivity index (χ4n) is 1.73. The van der Waals surface area contributed by atoms with Gasteiger partial charge in [0.05, 0.1) is 11.1 Å². The van der Waals surface area contributed by atoms with Gasteiger partial charge in [0.25, 0.3) is 0 Å². The summed E-state index contributed by atoms with van der Waals surface area (Å²) in [5.74, 6) is -0.0211. The SMILES string of the molecule is CNC(=O)C(C)NCc1sc2ccccc2c1Cl. The molecule has 2 N–H and O–H groups in total. The van der Waals surface area contributed by atoms with E-state index in [1.165, 1.54) is 4.70 Å². The van der Waals surface area contributed by atoms with E-state index >= 15 is 0 Å². The summed E-state index contributed by atoms with van der Waals surface area (Å²) in [6, 6.07) is 7.82. The molecule has 2 aromatic rings. The molecule has 1 amide bonds. The van der Waals surface area contributed by atoms with Gasteiger partial charge in [-0.05, 0) is 13.0 Å². The second kappa shape index (κ2) is 5.69. The van der Waals surface area contributed by atoms with Gasteiger partial charge in [-0.2, -0.15) is 0 Å². The van der Waals surface area contributed by atoms with Crippen LogP contribution >= 0.6 is 22.9 Å². The fraction of sp³-hybridized carbons (Fsp3) is 0.308. The van der Waals surface area contributed by atoms with Crippen molar-refractivity contribution in [1.82, 2.24) is 10.6 Å². The van der Waals surface area contributed by atoms with Gasteiger partial charge in [-0.1, -0.05) is 29.8 Å². The van der Waals surface area contributed by atoms with E-state index < -0.39 is 0 Å². The van der Waals surface area contributed by atoms with Gasteiger partial charge in [-0.3, -0.25) is 4.79 Å². The van der Waals surface area contributed by atoms with Crippen molar-refractivity contribution in [1.29, 1.82) is 0 Å². The van der Waals surface area contributed by atoms with Crippen molar-refractivity contribution in [3.05, 3.63) is 34.2 Å². The number of nitrogens with one attached hydrogen (secondary N) is 2. The van der Waals surface area contributed by atoms with Gasteiger partial charge in [0.15, 0.2) is 0 Å². The Kier molecular flexibility index (Phi) is 4.22. The quantitative estimate of drug-likeness (QED) is 0.905. The van der Waals surface area contributed by atoms with Crippen LogP contribution in [0.3, 0.4) is 0 Å². The standard InChI is InChI=1S/C13H15ClN2OS/c1-8(13(17)15-2)16-7-11-12(14)9-5-3-4-6-10(9)18-11/h3-6,8,16H,7H2,1-2H3,(H,15,17). The first-order chi connectivity index (χ1) is 8.63.